The van der Waals surface area contributed by atoms with E-state index in [4.69, 9.17) is 33.2 Å². The van der Waals surface area contributed by atoms with Crippen molar-refractivity contribution in [3.05, 3.63) is 45.6 Å². The van der Waals surface area contributed by atoms with E-state index in [-0.39, 0.29) is 27.8 Å². The number of aromatic nitrogens is 1. The fraction of sp³-hybridized carbons (Fsp3) is 0.143. The zero-order valence-electron chi connectivity index (χ0n) is 12.6. The lowest BCUT2D eigenvalue weighted by Gasteiger charge is -2.13. The molecule has 0 radical (unpaired) electrons. The molecule has 0 aliphatic carbocycles. The van der Waals surface area contributed by atoms with Crippen LogP contribution in [0.25, 0.3) is 0 Å². The maximum atomic E-state index is 12.5. The van der Waals surface area contributed by atoms with Crippen LogP contribution in [0.1, 0.15) is 11.3 Å². The van der Waals surface area contributed by atoms with Gasteiger partial charge in [0.15, 0.2) is 5.75 Å². The van der Waals surface area contributed by atoms with Gasteiger partial charge in [0, 0.05) is 16.8 Å². The standard InChI is InChI=1S/C14H7Cl2F3N2O4S/c1-7-2-11(24-10-4-8(6-20)3-9(15)5-10)12(16)13(21-7)25-26(22,23)14(17,18)19/h2-5H,1H3. The molecule has 2 aromatic rings. The van der Waals surface area contributed by atoms with Gasteiger partial charge in [0.1, 0.15) is 10.8 Å². The number of nitriles is 1. The van der Waals surface area contributed by atoms with E-state index in [1.54, 1.807) is 0 Å². The number of aryl methyl sites for hydroxylation is 1. The Morgan fingerprint density at radius 3 is 2.42 bits per heavy atom. The van der Waals surface area contributed by atoms with Crippen LogP contribution in [-0.2, 0) is 10.1 Å². The molecule has 0 N–H and O–H groups in total. The second kappa shape index (κ2) is 7.19. The molecule has 0 saturated heterocycles. The second-order valence-electron chi connectivity index (χ2n) is 4.75. The summed E-state index contributed by atoms with van der Waals surface area (Å²) in [5.74, 6) is -1.19. The Morgan fingerprint density at radius 2 is 1.85 bits per heavy atom. The second-order valence-corrected chi connectivity index (χ2v) is 7.11. The molecule has 0 saturated carbocycles. The van der Waals surface area contributed by atoms with Crippen LogP contribution in [0.3, 0.4) is 0 Å². The molecule has 6 nitrogen and oxygen atoms in total. The van der Waals surface area contributed by atoms with E-state index in [9.17, 15) is 21.6 Å². The fourth-order valence-electron chi connectivity index (χ4n) is 1.69. The first-order valence-electron chi connectivity index (χ1n) is 6.49. The Balaban J connectivity index is 2.45. The molecular formula is C14H7Cl2F3N2O4S. The molecule has 0 atom stereocenters. The number of rotatable bonds is 4. The van der Waals surface area contributed by atoms with Crippen LogP contribution in [-0.4, -0.2) is 18.9 Å². The number of halogens is 5. The summed E-state index contributed by atoms with van der Waals surface area (Å²) >= 11 is 11.7. The Morgan fingerprint density at radius 1 is 1.19 bits per heavy atom. The molecule has 1 heterocycles. The first-order valence-corrected chi connectivity index (χ1v) is 8.66. The van der Waals surface area contributed by atoms with Crippen LogP contribution in [0.5, 0.6) is 17.4 Å². The highest BCUT2D eigenvalue weighted by Gasteiger charge is 2.49. The predicted octanol–water partition coefficient (Wildman–Crippen LogP) is 4.59. The monoisotopic (exact) mass is 426 g/mol. The lowest BCUT2D eigenvalue weighted by Crippen LogP contribution is -2.28. The van der Waals surface area contributed by atoms with Gasteiger partial charge in [-0.1, -0.05) is 23.2 Å². The normalized spacial score (nSPS) is 11.7. The molecule has 0 aliphatic rings. The third-order valence-electron chi connectivity index (χ3n) is 2.72. The van der Waals surface area contributed by atoms with Gasteiger partial charge in [-0.3, -0.25) is 0 Å². The molecule has 0 aliphatic heterocycles. The quantitative estimate of drug-likeness (QED) is 0.524. The van der Waals surface area contributed by atoms with Gasteiger partial charge in [0.05, 0.1) is 11.6 Å². The zero-order chi connectivity index (χ0) is 19.7. The van der Waals surface area contributed by atoms with Gasteiger partial charge in [0.2, 0.25) is 0 Å². The average Bonchev–Trinajstić information content (AvgIpc) is 2.49. The minimum atomic E-state index is -5.96. The van der Waals surface area contributed by atoms with Crippen molar-refractivity contribution in [3.8, 4) is 23.4 Å². The van der Waals surface area contributed by atoms with Gasteiger partial charge in [-0.15, -0.1) is 0 Å². The molecule has 2 rings (SSSR count). The summed E-state index contributed by atoms with van der Waals surface area (Å²) in [5.41, 5.74) is -5.43. The topological polar surface area (TPSA) is 89.3 Å². The summed E-state index contributed by atoms with van der Waals surface area (Å²) in [4.78, 5) is 3.53. The number of benzene rings is 1. The predicted molar refractivity (Wildman–Crippen MR) is 85.8 cm³/mol. The molecule has 1 aromatic carbocycles. The number of alkyl halides is 3. The molecular weight excluding hydrogens is 420 g/mol. The summed E-state index contributed by atoms with van der Waals surface area (Å²) in [7, 11) is -5.96. The molecule has 26 heavy (non-hydrogen) atoms. The van der Waals surface area contributed by atoms with Gasteiger partial charge < -0.3 is 8.92 Å². The number of hydrogen-bond acceptors (Lipinski definition) is 6. The summed E-state index contributed by atoms with van der Waals surface area (Å²) < 4.78 is 69.0. The van der Waals surface area contributed by atoms with Crippen molar-refractivity contribution in [1.29, 1.82) is 5.26 Å². The van der Waals surface area contributed by atoms with Crippen LogP contribution in [0, 0.1) is 18.3 Å². The largest absolute Gasteiger partial charge is 0.534 e. The van der Waals surface area contributed by atoms with E-state index < -0.39 is 26.5 Å². The molecule has 0 spiro atoms. The number of hydrogen-bond donors (Lipinski definition) is 0. The average molecular weight is 427 g/mol. The highest BCUT2D eigenvalue weighted by molar-refractivity contribution is 7.88. The summed E-state index contributed by atoms with van der Waals surface area (Å²) in [5, 5.41) is 8.46. The number of nitrogens with zero attached hydrogens (tertiary/aromatic N) is 2. The third kappa shape index (κ3) is 4.49. The summed E-state index contributed by atoms with van der Waals surface area (Å²) in [6, 6.07) is 7.06. The first kappa shape index (κ1) is 20.1. The van der Waals surface area contributed by atoms with Crippen LogP contribution in [0.4, 0.5) is 13.2 Å². The molecule has 1 aromatic heterocycles. The van der Waals surface area contributed by atoms with Gasteiger partial charge in [-0.25, -0.2) is 4.98 Å². The van der Waals surface area contributed by atoms with Crippen molar-refractivity contribution in [3.63, 3.8) is 0 Å². The van der Waals surface area contributed by atoms with Crippen molar-refractivity contribution in [2.75, 3.05) is 0 Å². The van der Waals surface area contributed by atoms with E-state index >= 15 is 0 Å². The molecule has 0 fully saturated rings. The third-order valence-corrected chi connectivity index (χ3v) is 4.23. The maximum Gasteiger partial charge on any atom is 0.534 e. The van der Waals surface area contributed by atoms with E-state index in [1.165, 1.54) is 31.2 Å². The summed E-state index contributed by atoms with van der Waals surface area (Å²) in [6.07, 6.45) is 0. The van der Waals surface area contributed by atoms with E-state index in [1.807, 2.05) is 6.07 Å². The molecule has 12 heteroatoms. The Bertz CT molecular complexity index is 1000. The van der Waals surface area contributed by atoms with E-state index in [0.29, 0.717) is 0 Å². The molecule has 0 bridgehead atoms. The van der Waals surface area contributed by atoms with Crippen LogP contribution in [0.2, 0.25) is 10.0 Å². The van der Waals surface area contributed by atoms with Gasteiger partial charge >= 0.3 is 15.6 Å². The minimum Gasteiger partial charge on any atom is -0.455 e. The van der Waals surface area contributed by atoms with E-state index in [0.717, 1.165) is 0 Å². The van der Waals surface area contributed by atoms with Crippen molar-refractivity contribution in [1.82, 2.24) is 4.98 Å². The van der Waals surface area contributed by atoms with Crippen molar-refractivity contribution >= 4 is 33.3 Å². The van der Waals surface area contributed by atoms with Crippen LogP contribution < -0.4 is 8.92 Å². The van der Waals surface area contributed by atoms with Crippen molar-refractivity contribution in [2.45, 2.75) is 12.4 Å². The highest BCUT2D eigenvalue weighted by Crippen LogP contribution is 2.38. The Kier molecular flexibility index (Phi) is 5.55. The fourth-order valence-corrected chi connectivity index (χ4v) is 2.56. The van der Waals surface area contributed by atoms with Crippen molar-refractivity contribution in [2.24, 2.45) is 0 Å². The lowest BCUT2D eigenvalue weighted by molar-refractivity contribution is -0.0501. The zero-order valence-corrected chi connectivity index (χ0v) is 15.0. The van der Waals surface area contributed by atoms with Crippen LogP contribution in [0.15, 0.2) is 24.3 Å². The van der Waals surface area contributed by atoms with Gasteiger partial charge in [-0.2, -0.15) is 26.9 Å². The number of pyridine rings is 1. The lowest BCUT2D eigenvalue weighted by atomic mass is 10.2. The smallest absolute Gasteiger partial charge is 0.455 e. The SMILES string of the molecule is Cc1cc(Oc2cc(Cl)cc(C#N)c2)c(Cl)c(OS(=O)(=O)C(F)(F)F)n1. The summed E-state index contributed by atoms with van der Waals surface area (Å²) in [6.45, 7) is 1.36. The van der Waals surface area contributed by atoms with Crippen LogP contribution >= 0.6 is 23.2 Å². The maximum absolute atomic E-state index is 12.5. The molecule has 0 amide bonds. The Labute approximate surface area is 155 Å². The first-order chi connectivity index (χ1) is 11.9. The van der Waals surface area contributed by atoms with Crippen molar-refractivity contribution < 1.29 is 30.5 Å². The van der Waals surface area contributed by atoms with E-state index in [2.05, 4.69) is 9.17 Å². The van der Waals surface area contributed by atoms with Gasteiger partial charge in [-0.05, 0) is 25.1 Å². The minimum absolute atomic E-state index is 0.0474. The van der Waals surface area contributed by atoms with Gasteiger partial charge in [0.25, 0.3) is 5.88 Å². The molecule has 0 unspecified atom stereocenters. The highest BCUT2D eigenvalue weighted by atomic mass is 35.5. The molecule has 138 valence electrons. The number of ether oxygens (including phenoxy) is 1. The Hall–Kier alpha value is -2.22.